The second-order valence-corrected chi connectivity index (χ2v) is 6.05. The predicted molar refractivity (Wildman–Crippen MR) is 99.0 cm³/mol. The van der Waals surface area contributed by atoms with Crippen molar-refractivity contribution in [1.82, 2.24) is 5.32 Å². The maximum atomic E-state index is 12.0. The molecule has 2 amide bonds. The molecule has 2 rings (SSSR count). The maximum Gasteiger partial charge on any atom is 0.255 e. The molecule has 0 unspecified atom stereocenters. The molecule has 2 aromatic rings. The quantitative estimate of drug-likeness (QED) is 0.810. The molecule has 0 saturated heterocycles. The van der Waals surface area contributed by atoms with Gasteiger partial charge in [-0.1, -0.05) is 0 Å². The van der Waals surface area contributed by atoms with Crippen molar-refractivity contribution in [2.24, 2.45) is 0 Å². The lowest BCUT2D eigenvalue weighted by atomic mass is 10.2. The van der Waals surface area contributed by atoms with Crippen LogP contribution in [0.15, 0.2) is 41.0 Å². The van der Waals surface area contributed by atoms with Gasteiger partial charge < -0.3 is 20.0 Å². The molecule has 0 bridgehead atoms. The van der Waals surface area contributed by atoms with Crippen molar-refractivity contribution in [3.63, 3.8) is 0 Å². The summed E-state index contributed by atoms with van der Waals surface area (Å²) in [7, 11) is 0. The van der Waals surface area contributed by atoms with Gasteiger partial charge in [-0.3, -0.25) is 9.59 Å². The number of hydrogen-bond donors (Lipinski definition) is 2. The van der Waals surface area contributed by atoms with Crippen molar-refractivity contribution in [3.8, 4) is 0 Å². The van der Waals surface area contributed by atoms with Gasteiger partial charge in [0.2, 0.25) is 5.91 Å². The summed E-state index contributed by atoms with van der Waals surface area (Å²) < 4.78 is 5.08. The molecule has 6 heteroatoms. The van der Waals surface area contributed by atoms with Gasteiger partial charge in [0.25, 0.3) is 5.91 Å². The Morgan fingerprint density at radius 2 is 1.84 bits per heavy atom. The van der Waals surface area contributed by atoms with E-state index in [9.17, 15) is 9.59 Å². The molecule has 1 aromatic heterocycles. The van der Waals surface area contributed by atoms with E-state index in [0.29, 0.717) is 23.1 Å². The highest BCUT2D eigenvalue weighted by molar-refractivity contribution is 5.99. The smallest absolute Gasteiger partial charge is 0.255 e. The molecule has 0 saturated carbocycles. The zero-order chi connectivity index (χ0) is 18.4. The SMILES string of the molecule is CCN(c1ccc(NC(=O)CNC(=O)c2ccoc2C)cc1)C(C)C. The number of benzene rings is 1. The van der Waals surface area contributed by atoms with E-state index in [1.165, 1.54) is 6.26 Å². The normalized spacial score (nSPS) is 10.6. The summed E-state index contributed by atoms with van der Waals surface area (Å²) in [5.74, 6) is -0.0788. The van der Waals surface area contributed by atoms with Crippen LogP contribution < -0.4 is 15.5 Å². The van der Waals surface area contributed by atoms with Crippen molar-refractivity contribution in [2.75, 3.05) is 23.3 Å². The van der Waals surface area contributed by atoms with Crippen molar-refractivity contribution in [3.05, 3.63) is 47.9 Å². The molecule has 1 aromatic carbocycles. The molecule has 0 fully saturated rings. The number of amides is 2. The number of aryl methyl sites for hydroxylation is 1. The summed E-state index contributed by atoms with van der Waals surface area (Å²) in [5, 5.41) is 5.36. The standard InChI is InChI=1S/C19H25N3O3/c1-5-22(13(2)3)16-8-6-15(7-9-16)21-18(23)12-20-19(24)17-10-11-25-14(17)4/h6-11,13H,5,12H2,1-4H3,(H,20,24)(H,21,23). The Balaban J connectivity index is 1.88. The minimum atomic E-state index is -0.327. The lowest BCUT2D eigenvalue weighted by molar-refractivity contribution is -0.115. The monoisotopic (exact) mass is 343 g/mol. The Morgan fingerprint density at radius 1 is 1.16 bits per heavy atom. The third-order valence-corrected chi connectivity index (χ3v) is 3.96. The van der Waals surface area contributed by atoms with Crippen LogP contribution in [0.4, 0.5) is 11.4 Å². The first-order valence-electron chi connectivity index (χ1n) is 8.41. The minimum absolute atomic E-state index is 0.0989. The van der Waals surface area contributed by atoms with Gasteiger partial charge in [0, 0.05) is 24.0 Å². The molecule has 2 N–H and O–H groups in total. The fraction of sp³-hybridized carbons (Fsp3) is 0.368. The van der Waals surface area contributed by atoms with Gasteiger partial charge in [-0.2, -0.15) is 0 Å². The second-order valence-electron chi connectivity index (χ2n) is 6.05. The molecular formula is C19H25N3O3. The van der Waals surface area contributed by atoms with Crippen LogP contribution in [0.1, 0.15) is 36.9 Å². The minimum Gasteiger partial charge on any atom is -0.469 e. The fourth-order valence-corrected chi connectivity index (χ4v) is 2.66. The van der Waals surface area contributed by atoms with Crippen LogP contribution in [0, 0.1) is 6.92 Å². The molecule has 0 aliphatic rings. The fourth-order valence-electron chi connectivity index (χ4n) is 2.66. The van der Waals surface area contributed by atoms with E-state index in [4.69, 9.17) is 4.42 Å². The van der Waals surface area contributed by atoms with E-state index in [1.807, 2.05) is 24.3 Å². The van der Waals surface area contributed by atoms with E-state index in [1.54, 1.807) is 13.0 Å². The highest BCUT2D eigenvalue weighted by atomic mass is 16.3. The summed E-state index contributed by atoms with van der Waals surface area (Å²) in [5.41, 5.74) is 2.24. The van der Waals surface area contributed by atoms with Crippen molar-refractivity contribution >= 4 is 23.2 Å². The van der Waals surface area contributed by atoms with Gasteiger partial charge >= 0.3 is 0 Å². The zero-order valence-corrected chi connectivity index (χ0v) is 15.1. The number of carbonyl (C=O) groups is 2. The number of hydrogen-bond acceptors (Lipinski definition) is 4. The van der Waals surface area contributed by atoms with Gasteiger partial charge in [0.05, 0.1) is 18.4 Å². The molecule has 25 heavy (non-hydrogen) atoms. The highest BCUT2D eigenvalue weighted by Crippen LogP contribution is 2.19. The third-order valence-electron chi connectivity index (χ3n) is 3.96. The van der Waals surface area contributed by atoms with Crippen LogP contribution in [0.25, 0.3) is 0 Å². The molecule has 0 aliphatic carbocycles. The average molecular weight is 343 g/mol. The highest BCUT2D eigenvalue weighted by Gasteiger charge is 2.13. The molecule has 0 radical (unpaired) electrons. The summed E-state index contributed by atoms with van der Waals surface area (Å²) in [4.78, 5) is 26.2. The first-order chi connectivity index (χ1) is 11.9. The molecular weight excluding hydrogens is 318 g/mol. The Morgan fingerprint density at radius 3 is 2.36 bits per heavy atom. The topological polar surface area (TPSA) is 74.6 Å². The summed E-state index contributed by atoms with van der Waals surface area (Å²) in [6, 6.07) is 9.67. The van der Waals surface area contributed by atoms with Crippen LogP contribution in [0.2, 0.25) is 0 Å². The zero-order valence-electron chi connectivity index (χ0n) is 15.1. The maximum absolute atomic E-state index is 12.0. The summed E-state index contributed by atoms with van der Waals surface area (Å²) >= 11 is 0. The predicted octanol–water partition coefficient (Wildman–Crippen LogP) is 3.19. The van der Waals surface area contributed by atoms with Crippen LogP contribution in [-0.2, 0) is 4.79 Å². The number of nitrogens with one attached hydrogen (secondary N) is 2. The Kier molecular flexibility index (Phi) is 6.22. The third kappa shape index (κ3) is 4.86. The average Bonchev–Trinajstić information content (AvgIpc) is 3.00. The first kappa shape index (κ1) is 18.6. The molecule has 6 nitrogen and oxygen atoms in total. The van der Waals surface area contributed by atoms with Crippen molar-refractivity contribution in [1.29, 1.82) is 0 Å². The Hall–Kier alpha value is -2.76. The van der Waals surface area contributed by atoms with Gasteiger partial charge in [-0.05, 0) is 58.0 Å². The number of anilines is 2. The second kappa shape index (κ2) is 8.37. The lowest BCUT2D eigenvalue weighted by Gasteiger charge is -2.27. The molecule has 0 aliphatic heterocycles. The van der Waals surface area contributed by atoms with Crippen molar-refractivity contribution in [2.45, 2.75) is 33.7 Å². The van der Waals surface area contributed by atoms with E-state index in [2.05, 4.69) is 36.3 Å². The number of rotatable bonds is 7. The number of carbonyl (C=O) groups excluding carboxylic acids is 2. The van der Waals surface area contributed by atoms with E-state index >= 15 is 0 Å². The van der Waals surface area contributed by atoms with Crippen molar-refractivity contribution < 1.29 is 14.0 Å². The molecule has 134 valence electrons. The van der Waals surface area contributed by atoms with Gasteiger partial charge in [-0.25, -0.2) is 0 Å². The van der Waals surface area contributed by atoms with E-state index in [0.717, 1.165) is 12.2 Å². The largest absolute Gasteiger partial charge is 0.469 e. The summed E-state index contributed by atoms with van der Waals surface area (Å²) in [6.45, 7) is 8.92. The Labute approximate surface area is 148 Å². The van der Waals surface area contributed by atoms with Gasteiger partial charge in [-0.15, -0.1) is 0 Å². The van der Waals surface area contributed by atoms with Crippen LogP contribution in [0.5, 0.6) is 0 Å². The lowest BCUT2D eigenvalue weighted by Crippen LogP contribution is -2.33. The van der Waals surface area contributed by atoms with Crippen LogP contribution in [0.3, 0.4) is 0 Å². The van der Waals surface area contributed by atoms with E-state index in [-0.39, 0.29) is 18.4 Å². The van der Waals surface area contributed by atoms with Crippen LogP contribution in [-0.4, -0.2) is 30.9 Å². The van der Waals surface area contributed by atoms with E-state index < -0.39 is 0 Å². The summed E-state index contributed by atoms with van der Waals surface area (Å²) in [6.07, 6.45) is 1.45. The molecule has 0 spiro atoms. The Bertz CT molecular complexity index is 720. The number of nitrogens with zero attached hydrogens (tertiary/aromatic N) is 1. The number of furan rings is 1. The van der Waals surface area contributed by atoms with Gasteiger partial charge in [0.1, 0.15) is 5.76 Å². The molecule has 0 atom stereocenters. The van der Waals surface area contributed by atoms with Gasteiger partial charge in [0.15, 0.2) is 0 Å². The van der Waals surface area contributed by atoms with Crippen LogP contribution >= 0.6 is 0 Å². The first-order valence-corrected chi connectivity index (χ1v) is 8.41. The molecule has 1 heterocycles.